The Morgan fingerprint density at radius 2 is 1.71 bits per heavy atom. The summed E-state index contributed by atoms with van der Waals surface area (Å²) in [6.07, 6.45) is 0.367. The molecule has 0 saturated carbocycles. The summed E-state index contributed by atoms with van der Waals surface area (Å²) in [4.78, 5) is 39.5. The van der Waals surface area contributed by atoms with Crippen molar-refractivity contribution < 1.29 is 32.3 Å². The van der Waals surface area contributed by atoms with Gasteiger partial charge >= 0.3 is 6.61 Å². The Hall–Kier alpha value is -3.40. The zero-order valence-corrected chi connectivity index (χ0v) is 22.5. The summed E-state index contributed by atoms with van der Waals surface area (Å²) in [7, 11) is 1.48. The van der Waals surface area contributed by atoms with Crippen LogP contribution in [0.5, 0.6) is 0 Å². The van der Waals surface area contributed by atoms with E-state index in [0.717, 1.165) is 6.07 Å². The smallest absolute Gasteiger partial charge is 0.345 e. The predicted octanol–water partition coefficient (Wildman–Crippen LogP) is 5.24. The minimum absolute atomic E-state index is 0.00235. The van der Waals surface area contributed by atoms with E-state index in [1.807, 2.05) is 0 Å². The minimum Gasteiger partial charge on any atom is -0.355 e. The number of alkyl halides is 2. The third-order valence-electron chi connectivity index (χ3n) is 5.45. The second-order valence-electron chi connectivity index (χ2n) is 10.5. The Morgan fingerprint density at radius 1 is 1.11 bits per heavy atom. The Kier molecular flexibility index (Phi) is 11.3. The molecule has 0 aliphatic carbocycles. The summed E-state index contributed by atoms with van der Waals surface area (Å²) in [6.45, 7) is 6.21. The van der Waals surface area contributed by atoms with E-state index in [4.69, 9.17) is 0 Å². The molecule has 7 nitrogen and oxygen atoms in total. The van der Waals surface area contributed by atoms with Crippen molar-refractivity contribution >= 4 is 23.9 Å². The fraction of sp³-hybridized carbons (Fsp3) is 0.464. The lowest BCUT2D eigenvalue weighted by molar-refractivity contribution is -0.171. The van der Waals surface area contributed by atoms with Gasteiger partial charge in [0, 0.05) is 20.1 Å². The van der Waals surface area contributed by atoms with Crippen molar-refractivity contribution in [3.63, 3.8) is 0 Å². The zero-order valence-electron chi connectivity index (χ0n) is 22.5. The molecule has 0 bridgehead atoms. The van der Waals surface area contributed by atoms with Gasteiger partial charge in [-0.2, -0.15) is 8.78 Å². The number of nitrogens with one attached hydrogen (secondary N) is 1. The first kappa shape index (κ1) is 30.8. The molecule has 10 heteroatoms. The fourth-order valence-corrected chi connectivity index (χ4v) is 3.77. The summed E-state index contributed by atoms with van der Waals surface area (Å²) >= 11 is 0. The summed E-state index contributed by atoms with van der Waals surface area (Å²) in [5.41, 5.74) is 1.46. The van der Waals surface area contributed by atoms with Crippen LogP contribution in [0.1, 0.15) is 66.8 Å². The van der Waals surface area contributed by atoms with Crippen molar-refractivity contribution in [1.82, 2.24) is 10.2 Å². The highest BCUT2D eigenvalue weighted by Gasteiger charge is 2.27. The highest BCUT2D eigenvalue weighted by atomic mass is 19.3. The Labute approximate surface area is 221 Å². The third kappa shape index (κ3) is 9.48. The molecule has 38 heavy (non-hydrogen) atoms. The lowest BCUT2D eigenvalue weighted by Crippen LogP contribution is -2.41. The lowest BCUT2D eigenvalue weighted by atomic mass is 10.0. The molecule has 1 fully saturated rings. The molecule has 0 radical (unpaired) electrons. The molecule has 0 atom stereocenters. The van der Waals surface area contributed by atoms with Gasteiger partial charge in [-0.05, 0) is 48.1 Å². The molecule has 1 N–H and O–H groups in total. The van der Waals surface area contributed by atoms with Gasteiger partial charge in [0.2, 0.25) is 6.41 Å². The van der Waals surface area contributed by atoms with E-state index in [1.165, 1.54) is 29.0 Å². The Morgan fingerprint density at radius 3 is 2.26 bits per heavy atom. The number of ether oxygens (including phenoxy) is 1. The van der Waals surface area contributed by atoms with Crippen LogP contribution < -0.4 is 10.2 Å². The predicted molar refractivity (Wildman–Crippen MR) is 140 cm³/mol. The number of likely N-dealkylation sites (tertiary alicyclic amines) is 1. The molecule has 0 spiro atoms. The number of carbonyl (C=O) groups is 3. The molecular weight excluding hydrogens is 499 g/mol. The van der Waals surface area contributed by atoms with E-state index >= 15 is 0 Å². The monoisotopic (exact) mass is 535 g/mol. The SMILES string of the molecule is CC(C)(C)C.CNC(=O)c1ccccc1N(C=O)Cc1ccc(F)c(C(=O)N2CCC(OC(F)F)CC2)c1. The first-order valence-corrected chi connectivity index (χ1v) is 12.4. The molecule has 208 valence electrons. The van der Waals surface area contributed by atoms with Crippen molar-refractivity contribution in [2.45, 2.75) is 59.8 Å². The molecule has 1 aliphatic rings. The van der Waals surface area contributed by atoms with E-state index < -0.39 is 24.4 Å². The lowest BCUT2D eigenvalue weighted by Gasteiger charge is -2.32. The number of piperidine rings is 1. The van der Waals surface area contributed by atoms with Crippen LogP contribution in [0.15, 0.2) is 42.5 Å². The van der Waals surface area contributed by atoms with Crippen molar-refractivity contribution in [1.29, 1.82) is 0 Å². The van der Waals surface area contributed by atoms with E-state index in [9.17, 15) is 27.6 Å². The van der Waals surface area contributed by atoms with E-state index in [0.29, 0.717) is 28.6 Å². The number of hydrogen-bond acceptors (Lipinski definition) is 4. The van der Waals surface area contributed by atoms with Crippen LogP contribution in [0.2, 0.25) is 0 Å². The van der Waals surface area contributed by atoms with Crippen molar-refractivity contribution in [3.05, 3.63) is 65.0 Å². The number of amides is 3. The van der Waals surface area contributed by atoms with Crippen LogP contribution in [0.4, 0.5) is 18.9 Å². The van der Waals surface area contributed by atoms with Crippen molar-refractivity contribution in [2.24, 2.45) is 5.41 Å². The van der Waals surface area contributed by atoms with Crippen molar-refractivity contribution in [3.8, 4) is 0 Å². The van der Waals surface area contributed by atoms with Gasteiger partial charge < -0.3 is 19.9 Å². The summed E-state index contributed by atoms with van der Waals surface area (Å²) < 4.78 is 43.7. The first-order chi connectivity index (χ1) is 17.8. The number of para-hydroxylation sites is 1. The second kappa shape index (κ2) is 13.9. The Balaban J connectivity index is 0.000000926. The third-order valence-corrected chi connectivity index (χ3v) is 5.45. The van der Waals surface area contributed by atoms with Gasteiger partial charge in [-0.1, -0.05) is 45.9 Å². The fourth-order valence-electron chi connectivity index (χ4n) is 3.77. The second-order valence-corrected chi connectivity index (χ2v) is 10.5. The van der Waals surface area contributed by atoms with E-state index in [-0.39, 0.29) is 43.9 Å². The van der Waals surface area contributed by atoms with Crippen LogP contribution >= 0.6 is 0 Å². The van der Waals surface area contributed by atoms with Crippen LogP contribution in [-0.4, -0.2) is 56.0 Å². The van der Waals surface area contributed by atoms with Gasteiger partial charge in [-0.25, -0.2) is 4.39 Å². The molecule has 1 aliphatic heterocycles. The molecule has 1 saturated heterocycles. The van der Waals surface area contributed by atoms with Crippen LogP contribution in [0, 0.1) is 11.2 Å². The molecule has 0 unspecified atom stereocenters. The molecule has 1 heterocycles. The normalized spacial score (nSPS) is 14.0. The summed E-state index contributed by atoms with van der Waals surface area (Å²) in [5, 5.41) is 2.51. The number of hydrogen-bond donors (Lipinski definition) is 1. The molecule has 2 aromatic rings. The summed E-state index contributed by atoms with van der Waals surface area (Å²) in [5.74, 6) is -1.65. The first-order valence-electron chi connectivity index (χ1n) is 12.4. The number of rotatable bonds is 8. The van der Waals surface area contributed by atoms with Gasteiger partial charge in [0.15, 0.2) is 0 Å². The quantitative estimate of drug-likeness (QED) is 0.469. The van der Waals surface area contributed by atoms with E-state index in [2.05, 4.69) is 37.7 Å². The summed E-state index contributed by atoms with van der Waals surface area (Å²) in [6, 6.07) is 10.5. The maximum absolute atomic E-state index is 14.5. The van der Waals surface area contributed by atoms with Gasteiger partial charge in [-0.15, -0.1) is 0 Å². The number of nitrogens with zero attached hydrogens (tertiary/aromatic N) is 2. The van der Waals surface area contributed by atoms with Crippen LogP contribution in [0.3, 0.4) is 0 Å². The highest BCUT2D eigenvalue weighted by Crippen LogP contribution is 2.24. The molecule has 3 amide bonds. The topological polar surface area (TPSA) is 79.0 Å². The van der Waals surface area contributed by atoms with Crippen LogP contribution in [0.25, 0.3) is 0 Å². The van der Waals surface area contributed by atoms with Crippen LogP contribution in [-0.2, 0) is 16.1 Å². The zero-order chi connectivity index (χ0) is 28.5. The number of anilines is 1. The van der Waals surface area contributed by atoms with E-state index in [1.54, 1.807) is 24.3 Å². The number of carbonyl (C=O) groups excluding carboxylic acids is 3. The highest BCUT2D eigenvalue weighted by molar-refractivity contribution is 6.01. The average Bonchev–Trinajstić information content (AvgIpc) is 2.86. The van der Waals surface area contributed by atoms with Gasteiger partial charge in [0.1, 0.15) is 5.82 Å². The van der Waals surface area contributed by atoms with Gasteiger partial charge in [0.25, 0.3) is 11.8 Å². The van der Waals surface area contributed by atoms with Gasteiger partial charge in [0.05, 0.1) is 29.5 Å². The molecular formula is C28H36F3N3O4. The average molecular weight is 536 g/mol. The standard InChI is InChI=1S/C23H24F3N3O4.C5H12/c1-27-21(31)17-4-2-3-5-20(17)29(14-30)13-15-6-7-19(24)18(12-15)22(32)28-10-8-16(9-11-28)33-23(25)26;1-5(2,3)4/h2-7,12,14,16,23H,8-11,13H2,1H3,(H,27,31);1-4H3. The molecule has 0 aromatic heterocycles. The molecule has 3 rings (SSSR count). The Bertz CT molecular complexity index is 1090. The van der Waals surface area contributed by atoms with Crippen molar-refractivity contribution in [2.75, 3.05) is 25.0 Å². The minimum atomic E-state index is -2.87. The number of benzene rings is 2. The molecule has 2 aromatic carbocycles. The maximum atomic E-state index is 14.5. The van der Waals surface area contributed by atoms with Gasteiger partial charge in [-0.3, -0.25) is 14.4 Å². The maximum Gasteiger partial charge on any atom is 0.345 e. The largest absolute Gasteiger partial charge is 0.355 e. The number of halogens is 3.